The number of hydrogen-bond donors (Lipinski definition) is 0. The molecule has 0 N–H and O–H groups in total. The predicted octanol–water partition coefficient (Wildman–Crippen LogP) is 9.36. The topological polar surface area (TPSA) is 9.23 Å². The third-order valence-corrected chi connectivity index (χ3v) is 7.79. The average Bonchev–Trinajstić information content (AvgIpc) is 2.84. The first-order valence-electron chi connectivity index (χ1n) is 13.6. The zero-order valence-electron chi connectivity index (χ0n) is 20.9. The highest BCUT2D eigenvalue weighted by Gasteiger charge is 2.28. The summed E-state index contributed by atoms with van der Waals surface area (Å²) in [5, 5.41) is 0. The molecule has 3 heteroatoms. The van der Waals surface area contributed by atoms with E-state index in [4.69, 9.17) is 4.74 Å². The molecule has 1 unspecified atom stereocenters. The Hall–Kier alpha value is -1.64. The average molecular weight is 459 g/mol. The van der Waals surface area contributed by atoms with Gasteiger partial charge in [0.2, 0.25) is 5.82 Å². The van der Waals surface area contributed by atoms with E-state index in [0.29, 0.717) is 18.6 Å². The van der Waals surface area contributed by atoms with Gasteiger partial charge in [0.05, 0.1) is 6.61 Å². The Morgan fingerprint density at radius 1 is 0.939 bits per heavy atom. The van der Waals surface area contributed by atoms with Crippen LogP contribution in [0.4, 0.5) is 8.78 Å². The van der Waals surface area contributed by atoms with Crippen LogP contribution in [0.1, 0.15) is 103 Å². The highest BCUT2D eigenvalue weighted by atomic mass is 19.2. The third kappa shape index (κ3) is 7.97. The van der Waals surface area contributed by atoms with Crippen LogP contribution in [0.3, 0.4) is 0 Å². The van der Waals surface area contributed by atoms with Crippen molar-refractivity contribution in [3.8, 4) is 5.75 Å². The predicted molar refractivity (Wildman–Crippen MR) is 135 cm³/mol. The molecule has 1 fully saturated rings. The number of hydrogen-bond acceptors (Lipinski definition) is 1. The van der Waals surface area contributed by atoms with Crippen molar-refractivity contribution in [3.63, 3.8) is 0 Å². The normalized spacial score (nSPS) is 23.6. The fraction of sp³-hybridized carbons (Fsp3) is 0.667. The molecule has 1 aromatic rings. The molecular weight excluding hydrogens is 414 g/mol. The lowest BCUT2D eigenvalue weighted by Gasteiger charge is -2.35. The van der Waals surface area contributed by atoms with E-state index in [0.717, 1.165) is 49.9 Å². The summed E-state index contributed by atoms with van der Waals surface area (Å²) in [6.07, 6.45) is 23.1. The number of benzene rings is 1. The van der Waals surface area contributed by atoms with E-state index in [1.54, 1.807) is 12.1 Å². The summed E-state index contributed by atoms with van der Waals surface area (Å²) in [5.74, 6) is 1.20. The van der Waals surface area contributed by atoms with Gasteiger partial charge in [-0.2, -0.15) is 4.39 Å². The SMILES string of the molecule is CCCCCOc1ccc(CC/C=C/C2=CCC(C3CCC(CCC)CC3)CC2)c(F)c1F. The van der Waals surface area contributed by atoms with E-state index < -0.39 is 11.6 Å². The second-order valence-electron chi connectivity index (χ2n) is 10.2. The van der Waals surface area contributed by atoms with Crippen LogP contribution in [0, 0.1) is 29.4 Å². The molecule has 0 spiro atoms. The number of rotatable bonds is 12. The van der Waals surface area contributed by atoms with Crippen molar-refractivity contribution < 1.29 is 13.5 Å². The maximum atomic E-state index is 14.4. The zero-order chi connectivity index (χ0) is 23.5. The van der Waals surface area contributed by atoms with Gasteiger partial charge in [0.15, 0.2) is 11.6 Å². The molecular formula is C30H44F2O. The van der Waals surface area contributed by atoms with Crippen LogP contribution >= 0.6 is 0 Å². The number of unbranched alkanes of at least 4 members (excludes halogenated alkanes) is 2. The molecule has 0 bridgehead atoms. The molecule has 0 aromatic heterocycles. The van der Waals surface area contributed by atoms with Crippen LogP contribution in [0.5, 0.6) is 5.75 Å². The maximum Gasteiger partial charge on any atom is 0.200 e. The van der Waals surface area contributed by atoms with E-state index in [9.17, 15) is 8.78 Å². The molecule has 2 aliphatic rings. The molecule has 1 nitrogen and oxygen atoms in total. The smallest absolute Gasteiger partial charge is 0.200 e. The Morgan fingerprint density at radius 2 is 1.76 bits per heavy atom. The van der Waals surface area contributed by atoms with Crippen molar-refractivity contribution in [2.45, 2.75) is 104 Å². The zero-order valence-corrected chi connectivity index (χ0v) is 20.9. The minimum atomic E-state index is -0.849. The van der Waals surface area contributed by atoms with Crippen molar-refractivity contribution in [2.24, 2.45) is 17.8 Å². The second kappa shape index (κ2) is 13.9. The van der Waals surface area contributed by atoms with Gasteiger partial charge in [-0.1, -0.05) is 82.2 Å². The third-order valence-electron chi connectivity index (χ3n) is 7.79. The number of allylic oxidation sites excluding steroid dienone is 4. The van der Waals surface area contributed by atoms with Crippen LogP contribution in [0.15, 0.2) is 35.9 Å². The van der Waals surface area contributed by atoms with E-state index in [1.807, 2.05) is 0 Å². The van der Waals surface area contributed by atoms with Crippen LogP contribution < -0.4 is 4.74 Å². The largest absolute Gasteiger partial charge is 0.490 e. The summed E-state index contributed by atoms with van der Waals surface area (Å²) in [6, 6.07) is 3.24. The summed E-state index contributed by atoms with van der Waals surface area (Å²) in [4.78, 5) is 0. The van der Waals surface area contributed by atoms with E-state index in [1.165, 1.54) is 56.9 Å². The van der Waals surface area contributed by atoms with Gasteiger partial charge in [-0.15, -0.1) is 0 Å². The summed E-state index contributed by atoms with van der Waals surface area (Å²) in [7, 11) is 0. The summed E-state index contributed by atoms with van der Waals surface area (Å²) < 4.78 is 34.1. The van der Waals surface area contributed by atoms with Gasteiger partial charge in [0.1, 0.15) is 0 Å². The first kappa shape index (κ1) is 26.0. The van der Waals surface area contributed by atoms with Crippen molar-refractivity contribution in [2.75, 3.05) is 6.61 Å². The molecule has 184 valence electrons. The van der Waals surface area contributed by atoms with Crippen molar-refractivity contribution in [3.05, 3.63) is 53.1 Å². The second-order valence-corrected chi connectivity index (χ2v) is 10.2. The molecule has 0 saturated heterocycles. The van der Waals surface area contributed by atoms with Gasteiger partial charge in [-0.25, -0.2) is 4.39 Å². The van der Waals surface area contributed by atoms with Crippen molar-refractivity contribution >= 4 is 0 Å². The molecule has 0 heterocycles. The Bertz CT molecular complexity index is 774. The van der Waals surface area contributed by atoms with Gasteiger partial charge in [-0.05, 0) is 80.8 Å². The van der Waals surface area contributed by atoms with Crippen LogP contribution in [-0.4, -0.2) is 6.61 Å². The number of ether oxygens (including phenoxy) is 1. The summed E-state index contributed by atoms with van der Waals surface area (Å²) in [6.45, 7) is 4.84. The van der Waals surface area contributed by atoms with Crippen molar-refractivity contribution in [1.29, 1.82) is 0 Å². The fourth-order valence-corrected chi connectivity index (χ4v) is 5.69. The molecule has 0 aliphatic heterocycles. The minimum absolute atomic E-state index is 0.0312. The maximum absolute atomic E-state index is 14.4. The monoisotopic (exact) mass is 458 g/mol. The lowest BCUT2D eigenvalue weighted by molar-refractivity contribution is 0.187. The first-order chi connectivity index (χ1) is 16.1. The molecule has 33 heavy (non-hydrogen) atoms. The Balaban J connectivity index is 1.40. The lowest BCUT2D eigenvalue weighted by atomic mass is 9.71. The van der Waals surface area contributed by atoms with Gasteiger partial charge in [0, 0.05) is 0 Å². The highest BCUT2D eigenvalue weighted by molar-refractivity contribution is 5.31. The van der Waals surface area contributed by atoms with E-state index >= 15 is 0 Å². The van der Waals surface area contributed by atoms with Crippen LogP contribution in [-0.2, 0) is 6.42 Å². The molecule has 1 atom stereocenters. The molecule has 0 amide bonds. The Kier molecular flexibility index (Phi) is 11.0. The summed E-state index contributed by atoms with van der Waals surface area (Å²) >= 11 is 0. The highest BCUT2D eigenvalue weighted by Crippen LogP contribution is 2.40. The van der Waals surface area contributed by atoms with Crippen LogP contribution in [0.25, 0.3) is 0 Å². The van der Waals surface area contributed by atoms with Gasteiger partial charge < -0.3 is 4.74 Å². The standard InChI is InChI=1S/C30H44F2O/c1-3-5-8-22-33-28-21-20-27(29(31)30(28)32)11-7-6-10-24-14-18-26(19-15-24)25-16-12-23(9-4-2)13-17-25/h6,10,14,20-21,23,25-26H,3-5,7-9,11-13,15-19,22H2,1-2H3/b10-6+. The lowest BCUT2D eigenvalue weighted by Crippen LogP contribution is -2.23. The number of halogens is 2. The summed E-state index contributed by atoms with van der Waals surface area (Å²) in [5.41, 5.74) is 1.84. The quantitative estimate of drug-likeness (QED) is 0.283. The Labute approximate surface area is 200 Å². The van der Waals surface area contributed by atoms with Crippen LogP contribution in [0.2, 0.25) is 0 Å². The van der Waals surface area contributed by atoms with Crippen molar-refractivity contribution in [1.82, 2.24) is 0 Å². The molecule has 0 radical (unpaired) electrons. The first-order valence-corrected chi connectivity index (χ1v) is 13.6. The number of aryl methyl sites for hydroxylation is 1. The molecule has 2 aliphatic carbocycles. The fourth-order valence-electron chi connectivity index (χ4n) is 5.69. The Morgan fingerprint density at radius 3 is 2.45 bits per heavy atom. The van der Waals surface area contributed by atoms with E-state index in [2.05, 4.69) is 32.1 Å². The molecule has 1 saturated carbocycles. The van der Waals surface area contributed by atoms with E-state index in [-0.39, 0.29) is 5.75 Å². The molecule has 3 rings (SSSR count). The van der Waals surface area contributed by atoms with Gasteiger partial charge in [-0.3, -0.25) is 0 Å². The van der Waals surface area contributed by atoms with Gasteiger partial charge in [0.25, 0.3) is 0 Å². The minimum Gasteiger partial charge on any atom is -0.490 e. The van der Waals surface area contributed by atoms with Gasteiger partial charge >= 0.3 is 0 Å². The molecule has 1 aromatic carbocycles.